The van der Waals surface area contributed by atoms with Crippen LogP contribution >= 0.6 is 0 Å². The molecule has 2 aromatic heterocycles. The van der Waals surface area contributed by atoms with Crippen molar-refractivity contribution in [1.29, 1.82) is 0 Å². The lowest BCUT2D eigenvalue weighted by atomic mass is 9.99. The van der Waals surface area contributed by atoms with Crippen molar-refractivity contribution in [3.05, 3.63) is 84.1 Å². The zero-order valence-corrected chi connectivity index (χ0v) is 23.0. The van der Waals surface area contributed by atoms with Gasteiger partial charge in [0.25, 0.3) is 5.91 Å². The van der Waals surface area contributed by atoms with Crippen molar-refractivity contribution in [2.75, 3.05) is 49.7 Å². The normalized spacial score (nSPS) is 14.3. The first-order valence-corrected chi connectivity index (χ1v) is 13.6. The van der Waals surface area contributed by atoms with E-state index in [1.54, 1.807) is 10.9 Å². The van der Waals surface area contributed by atoms with Gasteiger partial charge in [-0.3, -0.25) is 4.79 Å². The van der Waals surface area contributed by atoms with Crippen molar-refractivity contribution in [1.82, 2.24) is 19.7 Å². The van der Waals surface area contributed by atoms with E-state index in [4.69, 9.17) is 10.7 Å². The Labute approximate surface area is 230 Å². The Morgan fingerprint density at radius 1 is 1.03 bits per heavy atom. The summed E-state index contributed by atoms with van der Waals surface area (Å²) in [7, 11) is 4.02. The number of nitrogen functional groups attached to an aromatic ring is 1. The molecule has 1 amide bonds. The quantitative estimate of drug-likeness (QED) is 0.334. The summed E-state index contributed by atoms with van der Waals surface area (Å²) in [4.78, 5) is 22.4. The molecule has 2 aromatic carbocycles. The molecule has 0 spiro atoms. The SMILES string of the molecule is CC1CCN(CCc2ccc(NC(=O)c3cn(-c4cccc(-c5ccc(N(C)C)cc5)n4)nc3N)cc2)CC1. The molecular weight excluding hydrogens is 486 g/mol. The van der Waals surface area contributed by atoms with E-state index in [9.17, 15) is 4.79 Å². The molecule has 0 radical (unpaired) electrons. The minimum Gasteiger partial charge on any atom is -0.382 e. The fourth-order valence-corrected chi connectivity index (χ4v) is 4.85. The number of nitrogens with two attached hydrogens (primary N) is 1. The molecule has 1 fully saturated rings. The van der Waals surface area contributed by atoms with Crippen LogP contribution in [0.2, 0.25) is 0 Å². The van der Waals surface area contributed by atoms with Crippen LogP contribution in [0.5, 0.6) is 0 Å². The van der Waals surface area contributed by atoms with Crippen molar-refractivity contribution in [3.63, 3.8) is 0 Å². The van der Waals surface area contributed by atoms with Crippen molar-refractivity contribution in [2.45, 2.75) is 26.2 Å². The second-order valence-corrected chi connectivity index (χ2v) is 10.6. The number of likely N-dealkylation sites (tertiary alicyclic amines) is 1. The Balaban J connectivity index is 1.22. The average Bonchev–Trinajstić information content (AvgIpc) is 3.35. The van der Waals surface area contributed by atoms with Gasteiger partial charge >= 0.3 is 0 Å². The molecule has 3 N–H and O–H groups in total. The number of nitrogens with one attached hydrogen (secondary N) is 1. The van der Waals surface area contributed by atoms with Crippen LogP contribution in [0.4, 0.5) is 17.2 Å². The van der Waals surface area contributed by atoms with E-state index in [-0.39, 0.29) is 11.7 Å². The number of nitrogens with zero attached hydrogens (tertiary/aromatic N) is 5. The largest absolute Gasteiger partial charge is 0.382 e. The number of rotatable bonds is 8. The third kappa shape index (κ3) is 6.46. The summed E-state index contributed by atoms with van der Waals surface area (Å²) in [5.74, 6) is 1.28. The lowest BCUT2D eigenvalue weighted by Crippen LogP contribution is -2.34. The van der Waals surface area contributed by atoms with Crippen molar-refractivity contribution >= 4 is 23.1 Å². The number of piperidine rings is 1. The monoisotopic (exact) mass is 523 g/mol. The number of aromatic nitrogens is 3. The maximum absolute atomic E-state index is 13.0. The number of hydrogen-bond acceptors (Lipinski definition) is 6. The molecule has 0 aliphatic carbocycles. The van der Waals surface area contributed by atoms with Crippen LogP contribution in [0, 0.1) is 5.92 Å². The van der Waals surface area contributed by atoms with Crippen molar-refractivity contribution in [3.8, 4) is 17.1 Å². The molecule has 5 rings (SSSR count). The van der Waals surface area contributed by atoms with Gasteiger partial charge in [-0.15, -0.1) is 5.10 Å². The second kappa shape index (κ2) is 11.7. The van der Waals surface area contributed by atoms with Gasteiger partial charge in [0, 0.05) is 43.8 Å². The first-order valence-electron chi connectivity index (χ1n) is 13.6. The molecule has 39 heavy (non-hydrogen) atoms. The van der Waals surface area contributed by atoms with E-state index in [0.29, 0.717) is 11.4 Å². The number of pyridine rings is 1. The Kier molecular flexibility index (Phi) is 7.93. The molecular formula is C31H37N7O. The van der Waals surface area contributed by atoms with Gasteiger partial charge in [-0.25, -0.2) is 9.67 Å². The van der Waals surface area contributed by atoms with Gasteiger partial charge in [-0.1, -0.05) is 37.3 Å². The molecule has 8 nitrogen and oxygen atoms in total. The number of amides is 1. The summed E-state index contributed by atoms with van der Waals surface area (Å²) < 4.78 is 1.55. The standard InChI is InChI=1S/C31H37N7O/c1-22-15-18-37(19-16-22)20-17-23-7-11-25(12-8-23)33-31(39)27-21-38(35-30(27)32)29-6-4-5-28(34-29)24-9-13-26(14-10-24)36(2)3/h4-14,21-22H,15-20H2,1-3H3,(H2,32,35)(H,33,39). The summed E-state index contributed by atoms with van der Waals surface area (Å²) >= 11 is 0. The lowest BCUT2D eigenvalue weighted by Gasteiger charge is -2.30. The number of benzene rings is 2. The number of anilines is 3. The summed E-state index contributed by atoms with van der Waals surface area (Å²) in [5.41, 5.74) is 11.4. The van der Waals surface area contributed by atoms with Crippen LogP contribution in [0.15, 0.2) is 72.9 Å². The van der Waals surface area contributed by atoms with Gasteiger partial charge in [0.15, 0.2) is 11.6 Å². The fourth-order valence-electron chi connectivity index (χ4n) is 4.85. The first-order chi connectivity index (χ1) is 18.9. The maximum atomic E-state index is 13.0. The predicted octanol–water partition coefficient (Wildman–Crippen LogP) is 5.11. The molecule has 1 aliphatic heterocycles. The highest BCUT2D eigenvalue weighted by molar-refractivity contribution is 6.07. The summed E-state index contributed by atoms with van der Waals surface area (Å²) in [6, 6.07) is 21.9. The molecule has 4 aromatic rings. The molecule has 0 unspecified atom stereocenters. The van der Waals surface area contributed by atoms with Crippen molar-refractivity contribution < 1.29 is 4.79 Å². The molecule has 8 heteroatoms. The van der Waals surface area contributed by atoms with Gasteiger partial charge in [-0.2, -0.15) is 0 Å². The van der Waals surface area contributed by atoms with Crippen LogP contribution in [0.1, 0.15) is 35.7 Å². The smallest absolute Gasteiger partial charge is 0.261 e. The van der Waals surface area contributed by atoms with Crippen LogP contribution < -0.4 is 16.0 Å². The third-order valence-electron chi connectivity index (χ3n) is 7.44. The van der Waals surface area contributed by atoms with Gasteiger partial charge in [0.1, 0.15) is 5.56 Å². The Bertz CT molecular complexity index is 1400. The zero-order valence-electron chi connectivity index (χ0n) is 23.0. The first kappa shape index (κ1) is 26.4. The third-order valence-corrected chi connectivity index (χ3v) is 7.44. The Morgan fingerprint density at radius 3 is 2.44 bits per heavy atom. The fraction of sp³-hybridized carbons (Fsp3) is 0.323. The van der Waals surface area contributed by atoms with E-state index in [1.807, 2.05) is 56.6 Å². The molecule has 0 bridgehead atoms. The topological polar surface area (TPSA) is 92.3 Å². The van der Waals surface area contributed by atoms with E-state index in [0.717, 1.165) is 41.5 Å². The predicted molar refractivity (Wildman–Crippen MR) is 158 cm³/mol. The maximum Gasteiger partial charge on any atom is 0.261 e. The second-order valence-electron chi connectivity index (χ2n) is 10.6. The minimum atomic E-state index is -0.302. The summed E-state index contributed by atoms with van der Waals surface area (Å²) in [6.45, 7) is 5.79. The van der Waals surface area contributed by atoms with Crippen LogP contribution in [0.25, 0.3) is 17.1 Å². The van der Waals surface area contributed by atoms with Crippen LogP contribution in [0.3, 0.4) is 0 Å². The summed E-state index contributed by atoms with van der Waals surface area (Å²) in [5, 5.41) is 7.31. The zero-order chi connectivity index (χ0) is 27.4. The van der Waals surface area contributed by atoms with E-state index in [1.165, 1.54) is 31.5 Å². The Hall–Kier alpha value is -4.17. The molecule has 0 saturated carbocycles. The van der Waals surface area contributed by atoms with Crippen LogP contribution in [-0.2, 0) is 6.42 Å². The molecule has 1 aliphatic rings. The van der Waals surface area contributed by atoms with Gasteiger partial charge < -0.3 is 20.9 Å². The van der Waals surface area contributed by atoms with E-state index in [2.05, 4.69) is 51.4 Å². The Morgan fingerprint density at radius 2 is 1.74 bits per heavy atom. The van der Waals surface area contributed by atoms with Crippen molar-refractivity contribution in [2.24, 2.45) is 5.92 Å². The average molecular weight is 524 g/mol. The highest BCUT2D eigenvalue weighted by atomic mass is 16.1. The van der Waals surface area contributed by atoms with E-state index < -0.39 is 0 Å². The molecule has 3 heterocycles. The van der Waals surface area contributed by atoms with Gasteiger partial charge in [-0.05, 0) is 80.2 Å². The summed E-state index contributed by atoms with van der Waals surface area (Å²) in [6.07, 6.45) is 5.21. The number of carbonyl (C=O) groups is 1. The number of hydrogen-bond donors (Lipinski definition) is 2. The number of carbonyl (C=O) groups excluding carboxylic acids is 1. The van der Waals surface area contributed by atoms with Gasteiger partial charge in [0.2, 0.25) is 0 Å². The highest BCUT2D eigenvalue weighted by Crippen LogP contribution is 2.23. The minimum absolute atomic E-state index is 0.155. The van der Waals surface area contributed by atoms with Crippen LogP contribution in [-0.4, -0.2) is 59.3 Å². The lowest BCUT2D eigenvalue weighted by molar-refractivity contribution is 0.102. The highest BCUT2D eigenvalue weighted by Gasteiger charge is 2.17. The van der Waals surface area contributed by atoms with Gasteiger partial charge in [0.05, 0.1) is 5.69 Å². The molecule has 1 saturated heterocycles. The molecule has 0 atom stereocenters. The molecule has 202 valence electrons. The van der Waals surface area contributed by atoms with E-state index >= 15 is 0 Å².